The molecule has 0 saturated heterocycles. The number of non-ortho nitro benzene ring substituents is 1. The van der Waals surface area contributed by atoms with E-state index in [1.165, 1.54) is 18.2 Å². The third kappa shape index (κ3) is 4.32. The molecule has 0 atom stereocenters. The molecular weight excluding hydrogens is 324 g/mol. The average Bonchev–Trinajstić information content (AvgIpc) is 2.53. The minimum atomic E-state index is -1.05. The molecule has 0 fully saturated rings. The lowest BCUT2D eigenvalue weighted by atomic mass is 10.2. The molecule has 0 unspecified atom stereocenters. The van der Waals surface area contributed by atoms with Crippen molar-refractivity contribution in [2.45, 2.75) is 0 Å². The molecule has 0 radical (unpaired) electrons. The maximum absolute atomic E-state index is 13.4. The van der Waals surface area contributed by atoms with Crippen LogP contribution in [-0.4, -0.2) is 23.3 Å². The van der Waals surface area contributed by atoms with E-state index in [2.05, 4.69) is 10.6 Å². The van der Waals surface area contributed by atoms with Gasteiger partial charge in [0.1, 0.15) is 11.6 Å². The number of carbonyl (C=O) groups is 2. The monoisotopic (exact) mass is 335 g/mol. The molecule has 2 aromatic rings. The van der Waals surface area contributed by atoms with E-state index < -0.39 is 40.5 Å². The molecule has 2 amide bonds. The molecule has 0 saturated carbocycles. The summed E-state index contributed by atoms with van der Waals surface area (Å²) in [6, 6.07) is 7.67. The third-order valence-electron chi connectivity index (χ3n) is 2.93. The third-order valence-corrected chi connectivity index (χ3v) is 2.93. The van der Waals surface area contributed by atoms with Crippen molar-refractivity contribution in [1.29, 1.82) is 0 Å². The van der Waals surface area contributed by atoms with Gasteiger partial charge in [0, 0.05) is 23.9 Å². The Hall–Kier alpha value is -3.36. The van der Waals surface area contributed by atoms with E-state index in [0.29, 0.717) is 6.07 Å². The van der Waals surface area contributed by atoms with E-state index in [4.69, 9.17) is 0 Å². The molecule has 9 heteroatoms. The first-order chi connectivity index (χ1) is 11.4. The molecule has 7 nitrogen and oxygen atoms in total. The molecule has 2 rings (SSSR count). The molecule has 0 aliphatic heterocycles. The van der Waals surface area contributed by atoms with Crippen LogP contribution in [0, 0.1) is 21.7 Å². The first kappa shape index (κ1) is 17.0. The van der Waals surface area contributed by atoms with Gasteiger partial charge in [-0.2, -0.15) is 0 Å². The summed E-state index contributed by atoms with van der Waals surface area (Å²) in [7, 11) is 0. The highest BCUT2D eigenvalue weighted by molar-refractivity contribution is 5.99. The van der Waals surface area contributed by atoms with Crippen molar-refractivity contribution in [1.82, 2.24) is 5.32 Å². The van der Waals surface area contributed by atoms with Crippen LogP contribution < -0.4 is 10.6 Å². The van der Waals surface area contributed by atoms with Crippen LogP contribution >= 0.6 is 0 Å². The second kappa shape index (κ2) is 7.27. The van der Waals surface area contributed by atoms with Crippen molar-refractivity contribution >= 4 is 23.2 Å². The van der Waals surface area contributed by atoms with Crippen molar-refractivity contribution in [3.8, 4) is 0 Å². The molecule has 0 spiro atoms. The van der Waals surface area contributed by atoms with Gasteiger partial charge < -0.3 is 10.6 Å². The Morgan fingerprint density at radius 2 is 1.88 bits per heavy atom. The van der Waals surface area contributed by atoms with Gasteiger partial charge in [-0.1, -0.05) is 6.07 Å². The summed E-state index contributed by atoms with van der Waals surface area (Å²) >= 11 is 0. The summed E-state index contributed by atoms with van der Waals surface area (Å²) < 4.78 is 26.2. The fourth-order valence-electron chi connectivity index (χ4n) is 1.83. The van der Waals surface area contributed by atoms with Gasteiger partial charge in [-0.3, -0.25) is 19.7 Å². The number of nitrogens with zero attached hydrogens (tertiary/aromatic N) is 1. The highest BCUT2D eigenvalue weighted by atomic mass is 19.1. The summed E-state index contributed by atoms with van der Waals surface area (Å²) in [5, 5.41) is 15.2. The summed E-state index contributed by atoms with van der Waals surface area (Å²) in [6.45, 7) is -0.488. The van der Waals surface area contributed by atoms with Gasteiger partial charge in [-0.15, -0.1) is 0 Å². The highest BCUT2D eigenvalue weighted by Crippen LogP contribution is 2.16. The van der Waals surface area contributed by atoms with Crippen LogP contribution in [0.1, 0.15) is 10.4 Å². The maximum Gasteiger partial charge on any atom is 0.271 e. The molecule has 0 aromatic heterocycles. The summed E-state index contributed by atoms with van der Waals surface area (Å²) in [4.78, 5) is 33.5. The maximum atomic E-state index is 13.4. The van der Waals surface area contributed by atoms with E-state index >= 15 is 0 Å². The van der Waals surface area contributed by atoms with E-state index in [0.717, 1.165) is 18.2 Å². The number of halogens is 2. The van der Waals surface area contributed by atoms with Gasteiger partial charge in [-0.25, -0.2) is 8.78 Å². The molecule has 124 valence electrons. The molecule has 0 aliphatic rings. The molecule has 0 aliphatic carbocycles. The lowest BCUT2D eigenvalue weighted by molar-refractivity contribution is -0.384. The molecule has 2 aromatic carbocycles. The number of hydrogen-bond donors (Lipinski definition) is 2. The minimum absolute atomic E-state index is 0.177. The van der Waals surface area contributed by atoms with E-state index in [9.17, 15) is 28.5 Å². The van der Waals surface area contributed by atoms with Crippen LogP contribution in [0.15, 0.2) is 42.5 Å². The van der Waals surface area contributed by atoms with Gasteiger partial charge in [0.05, 0.1) is 17.0 Å². The smallest absolute Gasteiger partial charge is 0.271 e. The van der Waals surface area contributed by atoms with Crippen molar-refractivity contribution in [3.63, 3.8) is 0 Å². The Balaban J connectivity index is 1.94. The number of amides is 2. The lowest BCUT2D eigenvalue weighted by Gasteiger charge is -2.07. The van der Waals surface area contributed by atoms with Crippen LogP contribution in [0.5, 0.6) is 0 Å². The van der Waals surface area contributed by atoms with E-state index in [-0.39, 0.29) is 11.4 Å². The number of anilines is 1. The number of hydrogen-bond acceptors (Lipinski definition) is 4. The van der Waals surface area contributed by atoms with Crippen LogP contribution in [0.3, 0.4) is 0 Å². The van der Waals surface area contributed by atoms with Gasteiger partial charge in [0.25, 0.3) is 11.6 Å². The van der Waals surface area contributed by atoms with Crippen molar-refractivity contribution in [3.05, 3.63) is 69.8 Å². The number of rotatable bonds is 5. The zero-order valence-corrected chi connectivity index (χ0v) is 12.1. The fourth-order valence-corrected chi connectivity index (χ4v) is 1.83. The van der Waals surface area contributed by atoms with Crippen LogP contribution in [-0.2, 0) is 4.79 Å². The van der Waals surface area contributed by atoms with E-state index in [1.54, 1.807) is 0 Å². The summed E-state index contributed by atoms with van der Waals surface area (Å²) in [5.74, 6) is -3.42. The van der Waals surface area contributed by atoms with Crippen molar-refractivity contribution in [2.75, 3.05) is 11.9 Å². The Labute approximate surface area is 134 Å². The summed E-state index contributed by atoms with van der Waals surface area (Å²) in [5.41, 5.74) is -0.429. The van der Waals surface area contributed by atoms with Gasteiger partial charge in [0.15, 0.2) is 0 Å². The topological polar surface area (TPSA) is 101 Å². The predicted molar refractivity (Wildman–Crippen MR) is 80.4 cm³/mol. The number of benzene rings is 2. The molecule has 2 N–H and O–H groups in total. The fraction of sp³-hybridized carbons (Fsp3) is 0.0667. The number of nitrogens with one attached hydrogen (secondary N) is 2. The van der Waals surface area contributed by atoms with Crippen LogP contribution in [0.25, 0.3) is 0 Å². The Kier molecular flexibility index (Phi) is 5.15. The van der Waals surface area contributed by atoms with Crippen molar-refractivity contribution in [2.24, 2.45) is 0 Å². The van der Waals surface area contributed by atoms with Gasteiger partial charge >= 0.3 is 0 Å². The summed E-state index contributed by atoms with van der Waals surface area (Å²) in [6.07, 6.45) is 0. The minimum Gasteiger partial charge on any atom is -0.343 e. The van der Waals surface area contributed by atoms with Gasteiger partial charge in [-0.05, 0) is 18.2 Å². The lowest BCUT2D eigenvalue weighted by Crippen LogP contribution is -2.33. The second-order valence-electron chi connectivity index (χ2n) is 4.66. The quantitative estimate of drug-likeness (QED) is 0.646. The predicted octanol–water partition coefficient (Wildman–Crippen LogP) is 2.24. The van der Waals surface area contributed by atoms with Gasteiger partial charge in [0.2, 0.25) is 5.91 Å². The Morgan fingerprint density at radius 1 is 1.12 bits per heavy atom. The van der Waals surface area contributed by atoms with Crippen LogP contribution in [0.4, 0.5) is 20.2 Å². The first-order valence-electron chi connectivity index (χ1n) is 6.64. The SMILES string of the molecule is O=C(CNC(=O)c1ccc(F)cc1F)Nc1cccc([N+](=O)[O-])c1. The Morgan fingerprint density at radius 3 is 2.54 bits per heavy atom. The first-order valence-corrected chi connectivity index (χ1v) is 6.64. The standard InChI is InChI=1S/C15H11F2N3O4/c16-9-4-5-12(13(17)6-9)15(22)18-8-14(21)19-10-2-1-3-11(7-10)20(23)24/h1-7H,8H2,(H,18,22)(H,19,21). The second-order valence-corrected chi connectivity index (χ2v) is 4.66. The number of nitro groups is 1. The highest BCUT2D eigenvalue weighted by Gasteiger charge is 2.14. The number of carbonyl (C=O) groups excluding carboxylic acids is 2. The zero-order valence-electron chi connectivity index (χ0n) is 12.1. The average molecular weight is 335 g/mol. The van der Waals surface area contributed by atoms with E-state index in [1.807, 2.05) is 0 Å². The molecule has 0 bridgehead atoms. The molecule has 0 heterocycles. The Bertz CT molecular complexity index is 811. The number of nitro benzene ring substituents is 1. The van der Waals surface area contributed by atoms with Crippen molar-refractivity contribution < 1.29 is 23.3 Å². The largest absolute Gasteiger partial charge is 0.343 e. The normalized spacial score (nSPS) is 10.1. The molecule has 24 heavy (non-hydrogen) atoms. The zero-order chi connectivity index (χ0) is 17.7. The van der Waals surface area contributed by atoms with Crippen LogP contribution in [0.2, 0.25) is 0 Å². The molecular formula is C15H11F2N3O4.